The minimum Gasteiger partial charge on any atom is -0.492 e. The van der Waals surface area contributed by atoms with Gasteiger partial charge in [0.15, 0.2) is 0 Å². The number of hydrogen-bond donors (Lipinski definition) is 2. The number of benzene rings is 1. The lowest BCUT2D eigenvalue weighted by Gasteiger charge is -2.16. The number of nitrogens with zero attached hydrogens (tertiary/aromatic N) is 1. The largest absolute Gasteiger partial charge is 0.492 e. The summed E-state index contributed by atoms with van der Waals surface area (Å²) in [7, 11) is 0. The van der Waals surface area contributed by atoms with Gasteiger partial charge >= 0.3 is 0 Å². The van der Waals surface area contributed by atoms with Gasteiger partial charge in [0.25, 0.3) is 0 Å². The molecule has 0 fully saturated rings. The van der Waals surface area contributed by atoms with E-state index in [-0.39, 0.29) is 0 Å². The van der Waals surface area contributed by atoms with Crippen molar-refractivity contribution in [2.45, 2.75) is 32.4 Å². The quantitative estimate of drug-likeness (QED) is 0.890. The minimum absolute atomic E-state index is 0.358. The Labute approximate surface area is 131 Å². The Morgan fingerprint density at radius 1 is 1.27 bits per heavy atom. The van der Waals surface area contributed by atoms with E-state index >= 15 is 0 Å². The van der Waals surface area contributed by atoms with Crippen molar-refractivity contribution in [3.63, 3.8) is 0 Å². The molecular formula is C18H23N3O. The molecule has 2 heterocycles. The Morgan fingerprint density at radius 3 is 3.09 bits per heavy atom. The number of aromatic nitrogens is 1. The summed E-state index contributed by atoms with van der Waals surface area (Å²) in [4.78, 5) is 4.43. The summed E-state index contributed by atoms with van der Waals surface area (Å²) in [6.45, 7) is 4.50. The van der Waals surface area contributed by atoms with Crippen molar-refractivity contribution in [1.29, 1.82) is 0 Å². The van der Waals surface area contributed by atoms with Crippen LogP contribution in [0, 0.1) is 0 Å². The number of rotatable bonds is 5. The third kappa shape index (κ3) is 3.77. The number of pyridine rings is 1. The number of nitrogens with one attached hydrogen (secondary N) is 2. The highest BCUT2D eigenvalue weighted by molar-refractivity contribution is 5.43. The summed E-state index contributed by atoms with van der Waals surface area (Å²) in [6, 6.07) is 12.8. The van der Waals surface area contributed by atoms with E-state index in [0.29, 0.717) is 12.6 Å². The van der Waals surface area contributed by atoms with Crippen molar-refractivity contribution in [3.8, 4) is 5.75 Å². The summed E-state index contributed by atoms with van der Waals surface area (Å²) in [5, 5.41) is 6.88. The van der Waals surface area contributed by atoms with Crippen LogP contribution in [0.5, 0.6) is 5.75 Å². The minimum atomic E-state index is 0.358. The first kappa shape index (κ1) is 14.9. The SMILES string of the molecule is CCNc1ccnc(CNC2CCc3ccccc3OC2)c1. The molecule has 0 aliphatic carbocycles. The molecule has 0 spiro atoms. The fourth-order valence-corrected chi connectivity index (χ4v) is 2.75. The van der Waals surface area contributed by atoms with E-state index in [2.05, 4.69) is 46.8 Å². The van der Waals surface area contributed by atoms with Gasteiger partial charge in [0.1, 0.15) is 12.4 Å². The molecule has 0 radical (unpaired) electrons. The van der Waals surface area contributed by atoms with E-state index in [4.69, 9.17) is 4.74 Å². The van der Waals surface area contributed by atoms with E-state index in [1.165, 1.54) is 5.56 Å². The molecule has 2 N–H and O–H groups in total. The first-order valence-electron chi connectivity index (χ1n) is 7.98. The molecule has 1 unspecified atom stereocenters. The number of aryl methyl sites for hydroxylation is 1. The maximum atomic E-state index is 5.92. The van der Waals surface area contributed by atoms with Gasteiger partial charge in [0.05, 0.1) is 5.69 Å². The van der Waals surface area contributed by atoms with Crippen LogP contribution < -0.4 is 15.4 Å². The second kappa shape index (κ2) is 7.27. The molecule has 4 heteroatoms. The predicted octanol–water partition coefficient (Wildman–Crippen LogP) is 3.00. The summed E-state index contributed by atoms with van der Waals surface area (Å²) < 4.78 is 5.92. The molecule has 1 atom stereocenters. The Morgan fingerprint density at radius 2 is 2.18 bits per heavy atom. The molecular weight excluding hydrogens is 274 g/mol. The van der Waals surface area contributed by atoms with Crippen LogP contribution in [0.4, 0.5) is 5.69 Å². The molecule has 4 nitrogen and oxygen atoms in total. The molecule has 1 aliphatic heterocycles. The van der Waals surface area contributed by atoms with Crippen LogP contribution in [0.25, 0.3) is 0 Å². The molecule has 1 aromatic carbocycles. The molecule has 116 valence electrons. The van der Waals surface area contributed by atoms with E-state index < -0.39 is 0 Å². The lowest BCUT2D eigenvalue weighted by atomic mass is 10.1. The van der Waals surface area contributed by atoms with Gasteiger partial charge in [-0.3, -0.25) is 4.98 Å². The molecule has 1 aromatic heterocycles. The maximum Gasteiger partial charge on any atom is 0.122 e. The summed E-state index contributed by atoms with van der Waals surface area (Å²) in [5.74, 6) is 1.03. The van der Waals surface area contributed by atoms with Gasteiger partial charge in [-0.15, -0.1) is 0 Å². The monoisotopic (exact) mass is 297 g/mol. The highest BCUT2D eigenvalue weighted by Gasteiger charge is 2.16. The number of ether oxygens (including phenoxy) is 1. The van der Waals surface area contributed by atoms with Crippen LogP contribution in [-0.4, -0.2) is 24.2 Å². The second-order valence-corrected chi connectivity index (χ2v) is 5.60. The first-order chi connectivity index (χ1) is 10.8. The van der Waals surface area contributed by atoms with Crippen molar-refractivity contribution in [2.24, 2.45) is 0 Å². The van der Waals surface area contributed by atoms with Crippen molar-refractivity contribution < 1.29 is 4.74 Å². The zero-order valence-corrected chi connectivity index (χ0v) is 13.0. The van der Waals surface area contributed by atoms with Gasteiger partial charge in [0.2, 0.25) is 0 Å². The van der Waals surface area contributed by atoms with E-state index in [9.17, 15) is 0 Å². The third-order valence-electron chi connectivity index (χ3n) is 3.94. The lowest BCUT2D eigenvalue weighted by Crippen LogP contribution is -2.33. The Hall–Kier alpha value is -2.07. The van der Waals surface area contributed by atoms with Gasteiger partial charge in [-0.25, -0.2) is 0 Å². The van der Waals surface area contributed by atoms with Gasteiger partial charge in [-0.2, -0.15) is 0 Å². The van der Waals surface area contributed by atoms with Crippen LogP contribution in [0.3, 0.4) is 0 Å². The highest BCUT2D eigenvalue weighted by atomic mass is 16.5. The molecule has 0 saturated carbocycles. The zero-order valence-electron chi connectivity index (χ0n) is 13.0. The molecule has 22 heavy (non-hydrogen) atoms. The highest BCUT2D eigenvalue weighted by Crippen LogP contribution is 2.23. The summed E-state index contributed by atoms with van der Waals surface area (Å²) in [5.41, 5.74) is 3.48. The molecule has 0 amide bonds. The van der Waals surface area contributed by atoms with Crippen LogP contribution in [-0.2, 0) is 13.0 Å². The fraction of sp³-hybridized carbons (Fsp3) is 0.389. The van der Waals surface area contributed by atoms with Crippen LogP contribution in [0.15, 0.2) is 42.6 Å². The molecule has 0 saturated heterocycles. The van der Waals surface area contributed by atoms with Gasteiger partial charge in [-0.1, -0.05) is 18.2 Å². The molecule has 2 aromatic rings. The molecule has 3 rings (SSSR count). The Bertz CT molecular complexity index is 588. The van der Waals surface area contributed by atoms with Crippen LogP contribution >= 0.6 is 0 Å². The molecule has 0 bridgehead atoms. The van der Waals surface area contributed by atoms with E-state index in [1.54, 1.807) is 0 Å². The van der Waals surface area contributed by atoms with Crippen LogP contribution in [0.2, 0.25) is 0 Å². The van der Waals surface area contributed by atoms with Crippen molar-refractivity contribution >= 4 is 5.69 Å². The Kier molecular flexibility index (Phi) is 4.91. The normalized spacial score (nSPS) is 17.2. The van der Waals surface area contributed by atoms with Gasteiger partial charge < -0.3 is 15.4 Å². The number of hydrogen-bond acceptors (Lipinski definition) is 4. The zero-order chi connectivity index (χ0) is 15.2. The fourth-order valence-electron chi connectivity index (χ4n) is 2.75. The maximum absolute atomic E-state index is 5.92. The smallest absolute Gasteiger partial charge is 0.122 e. The van der Waals surface area contributed by atoms with Crippen molar-refractivity contribution in [2.75, 3.05) is 18.5 Å². The number of anilines is 1. The third-order valence-corrected chi connectivity index (χ3v) is 3.94. The van der Waals surface area contributed by atoms with Gasteiger partial charge in [0, 0.05) is 31.0 Å². The summed E-state index contributed by atoms with van der Waals surface area (Å²) in [6.07, 6.45) is 4.00. The van der Waals surface area contributed by atoms with Gasteiger partial charge in [-0.05, 0) is 43.5 Å². The lowest BCUT2D eigenvalue weighted by molar-refractivity contribution is 0.267. The number of para-hydroxylation sites is 1. The number of fused-ring (bicyclic) bond motifs is 1. The average Bonchev–Trinajstić information content (AvgIpc) is 2.76. The first-order valence-corrected chi connectivity index (χ1v) is 7.98. The Balaban J connectivity index is 1.55. The van der Waals surface area contributed by atoms with Crippen LogP contribution in [0.1, 0.15) is 24.6 Å². The average molecular weight is 297 g/mol. The molecule has 1 aliphatic rings. The summed E-state index contributed by atoms with van der Waals surface area (Å²) >= 11 is 0. The standard InChI is InChI=1S/C18H23N3O/c1-2-19-15-9-10-20-17(11-15)12-21-16-8-7-14-5-3-4-6-18(14)22-13-16/h3-6,9-11,16,21H,2,7-8,12-13H2,1H3,(H,19,20). The van der Waals surface area contributed by atoms with Crippen molar-refractivity contribution in [1.82, 2.24) is 10.3 Å². The topological polar surface area (TPSA) is 46.2 Å². The van der Waals surface area contributed by atoms with Crippen molar-refractivity contribution in [3.05, 3.63) is 53.9 Å². The van der Waals surface area contributed by atoms with E-state index in [0.717, 1.165) is 43.1 Å². The second-order valence-electron chi connectivity index (χ2n) is 5.60. The predicted molar refractivity (Wildman–Crippen MR) is 89.3 cm³/mol. The van der Waals surface area contributed by atoms with E-state index in [1.807, 2.05) is 18.3 Å².